The van der Waals surface area contributed by atoms with Crippen molar-refractivity contribution in [3.63, 3.8) is 0 Å². The van der Waals surface area contributed by atoms with E-state index in [1.54, 1.807) is 0 Å². The molecule has 0 unspecified atom stereocenters. The fraction of sp³-hybridized carbons (Fsp3) is 0.571. The fourth-order valence-corrected chi connectivity index (χ4v) is 2.46. The quantitative estimate of drug-likeness (QED) is 0.768. The van der Waals surface area contributed by atoms with E-state index < -0.39 is 0 Å². The Hall–Kier alpha value is -1.09. The maximum atomic E-state index is 6.00. The Kier molecular flexibility index (Phi) is 4.23. The summed E-state index contributed by atoms with van der Waals surface area (Å²) >= 11 is 6.00. The van der Waals surface area contributed by atoms with Crippen molar-refractivity contribution in [1.29, 1.82) is 0 Å². The highest BCUT2D eigenvalue weighted by atomic mass is 35.5. The van der Waals surface area contributed by atoms with Crippen LogP contribution < -0.4 is 0 Å². The van der Waals surface area contributed by atoms with Crippen LogP contribution in [0.1, 0.15) is 38.1 Å². The Morgan fingerprint density at radius 2 is 2.06 bits per heavy atom. The number of aryl methyl sites for hydroxylation is 1. The third kappa shape index (κ3) is 2.51. The van der Waals surface area contributed by atoms with E-state index in [9.17, 15) is 0 Å². The molecule has 0 aliphatic carbocycles. The van der Waals surface area contributed by atoms with Crippen LogP contribution >= 0.6 is 11.6 Å². The Bertz CT molecular complexity index is 529. The lowest BCUT2D eigenvalue weighted by Crippen LogP contribution is -2.12. The first-order chi connectivity index (χ1) is 8.69. The molecular formula is C14H20ClN3. The second-order valence-corrected chi connectivity index (χ2v) is 5.08. The van der Waals surface area contributed by atoms with Gasteiger partial charge in [0.1, 0.15) is 11.3 Å². The molecule has 0 amide bonds. The molecule has 0 N–H and O–H groups in total. The molecule has 0 saturated carbocycles. The molecule has 2 rings (SSSR count). The van der Waals surface area contributed by atoms with E-state index in [0.29, 0.717) is 11.8 Å². The first-order valence-corrected chi connectivity index (χ1v) is 7.10. The number of hydrogen-bond donors (Lipinski definition) is 0. The van der Waals surface area contributed by atoms with Crippen molar-refractivity contribution >= 4 is 22.8 Å². The van der Waals surface area contributed by atoms with Crippen molar-refractivity contribution in [1.82, 2.24) is 14.5 Å². The van der Waals surface area contributed by atoms with Crippen molar-refractivity contribution < 1.29 is 0 Å². The van der Waals surface area contributed by atoms with Crippen LogP contribution in [0.15, 0.2) is 12.3 Å². The van der Waals surface area contributed by atoms with Crippen LogP contribution in [0, 0.1) is 12.8 Å². The lowest BCUT2D eigenvalue weighted by Gasteiger charge is -2.15. The molecular weight excluding hydrogens is 246 g/mol. The van der Waals surface area contributed by atoms with Crippen molar-refractivity contribution in [2.24, 2.45) is 5.92 Å². The van der Waals surface area contributed by atoms with Gasteiger partial charge in [0.05, 0.1) is 5.88 Å². The number of pyridine rings is 1. The number of nitrogens with zero attached hydrogens (tertiary/aromatic N) is 3. The van der Waals surface area contributed by atoms with E-state index >= 15 is 0 Å². The van der Waals surface area contributed by atoms with Gasteiger partial charge in [0.2, 0.25) is 0 Å². The zero-order chi connectivity index (χ0) is 13.1. The molecule has 0 aliphatic heterocycles. The molecule has 0 bridgehead atoms. The van der Waals surface area contributed by atoms with Crippen LogP contribution in [0.2, 0.25) is 0 Å². The SMILES string of the molecule is CCC(CC)Cn1c(CCl)nc2cc(C)cnc21. The number of aromatic nitrogens is 3. The zero-order valence-electron chi connectivity index (χ0n) is 11.3. The molecule has 0 spiro atoms. The Morgan fingerprint density at radius 1 is 1.33 bits per heavy atom. The van der Waals surface area contributed by atoms with Gasteiger partial charge in [-0.25, -0.2) is 9.97 Å². The Balaban J connectivity index is 2.46. The predicted octanol–water partition coefficient (Wildman–Crippen LogP) is 3.91. The van der Waals surface area contributed by atoms with Gasteiger partial charge in [-0.1, -0.05) is 26.7 Å². The molecule has 0 radical (unpaired) electrons. The molecule has 2 aromatic heterocycles. The number of fused-ring (bicyclic) bond motifs is 1. The zero-order valence-corrected chi connectivity index (χ0v) is 12.0. The molecule has 0 aliphatic rings. The van der Waals surface area contributed by atoms with E-state index in [1.165, 1.54) is 12.8 Å². The largest absolute Gasteiger partial charge is 0.311 e. The summed E-state index contributed by atoms with van der Waals surface area (Å²) in [6.45, 7) is 7.45. The van der Waals surface area contributed by atoms with Crippen molar-refractivity contribution in [2.45, 2.75) is 46.0 Å². The lowest BCUT2D eigenvalue weighted by atomic mass is 10.0. The van der Waals surface area contributed by atoms with E-state index in [-0.39, 0.29) is 0 Å². The Morgan fingerprint density at radius 3 is 2.67 bits per heavy atom. The molecule has 98 valence electrons. The molecule has 18 heavy (non-hydrogen) atoms. The molecule has 0 aromatic carbocycles. The van der Waals surface area contributed by atoms with Crippen LogP contribution in [0.5, 0.6) is 0 Å². The summed E-state index contributed by atoms with van der Waals surface area (Å²) in [5, 5.41) is 0. The molecule has 0 atom stereocenters. The first kappa shape index (κ1) is 13.3. The molecule has 0 saturated heterocycles. The van der Waals surface area contributed by atoms with E-state index in [1.807, 2.05) is 13.1 Å². The number of halogens is 1. The summed E-state index contributed by atoms with van der Waals surface area (Å²) < 4.78 is 2.18. The summed E-state index contributed by atoms with van der Waals surface area (Å²) in [4.78, 5) is 9.09. The predicted molar refractivity (Wildman–Crippen MR) is 75.9 cm³/mol. The number of rotatable bonds is 5. The van der Waals surface area contributed by atoms with Crippen molar-refractivity contribution in [3.05, 3.63) is 23.7 Å². The summed E-state index contributed by atoms with van der Waals surface area (Å²) in [5.74, 6) is 2.03. The molecule has 2 heterocycles. The summed E-state index contributed by atoms with van der Waals surface area (Å²) in [6, 6.07) is 2.07. The van der Waals surface area contributed by atoms with Gasteiger partial charge in [-0.15, -0.1) is 11.6 Å². The minimum atomic E-state index is 0.440. The van der Waals surface area contributed by atoms with Crippen LogP contribution in [0.25, 0.3) is 11.2 Å². The smallest absolute Gasteiger partial charge is 0.160 e. The topological polar surface area (TPSA) is 30.7 Å². The minimum Gasteiger partial charge on any atom is -0.311 e. The van der Waals surface area contributed by atoms with Gasteiger partial charge in [-0.2, -0.15) is 0 Å². The van der Waals surface area contributed by atoms with Crippen LogP contribution in [0.4, 0.5) is 0 Å². The maximum Gasteiger partial charge on any atom is 0.160 e. The van der Waals surface area contributed by atoms with Gasteiger partial charge in [0, 0.05) is 12.7 Å². The second kappa shape index (κ2) is 5.70. The Labute approximate surface area is 113 Å². The summed E-state index contributed by atoms with van der Waals surface area (Å²) in [5.41, 5.74) is 3.05. The third-order valence-electron chi connectivity index (χ3n) is 3.52. The van der Waals surface area contributed by atoms with Crippen LogP contribution in [0.3, 0.4) is 0 Å². The number of hydrogen-bond acceptors (Lipinski definition) is 2. The van der Waals surface area contributed by atoms with Crippen molar-refractivity contribution in [2.75, 3.05) is 0 Å². The summed E-state index contributed by atoms with van der Waals surface area (Å²) in [7, 11) is 0. The molecule has 2 aromatic rings. The van der Waals surface area contributed by atoms with Gasteiger partial charge >= 0.3 is 0 Å². The highest BCUT2D eigenvalue weighted by Gasteiger charge is 2.14. The fourth-order valence-electron chi connectivity index (χ4n) is 2.26. The van der Waals surface area contributed by atoms with Gasteiger partial charge < -0.3 is 4.57 Å². The lowest BCUT2D eigenvalue weighted by molar-refractivity contribution is 0.418. The minimum absolute atomic E-state index is 0.440. The highest BCUT2D eigenvalue weighted by Crippen LogP contribution is 2.20. The first-order valence-electron chi connectivity index (χ1n) is 6.57. The summed E-state index contributed by atoms with van der Waals surface area (Å²) in [6.07, 6.45) is 4.24. The monoisotopic (exact) mass is 265 g/mol. The van der Waals surface area contributed by atoms with Gasteiger partial charge in [-0.3, -0.25) is 0 Å². The maximum absolute atomic E-state index is 6.00. The average molecular weight is 266 g/mol. The van der Waals surface area contributed by atoms with Gasteiger partial charge in [0.15, 0.2) is 5.65 Å². The van der Waals surface area contributed by atoms with Crippen LogP contribution in [-0.2, 0) is 12.4 Å². The highest BCUT2D eigenvalue weighted by molar-refractivity contribution is 6.16. The molecule has 4 heteroatoms. The second-order valence-electron chi connectivity index (χ2n) is 4.81. The van der Waals surface area contributed by atoms with Crippen molar-refractivity contribution in [3.8, 4) is 0 Å². The molecule has 3 nitrogen and oxygen atoms in total. The van der Waals surface area contributed by atoms with Gasteiger partial charge in [0.25, 0.3) is 0 Å². The normalized spacial score (nSPS) is 11.6. The number of alkyl halides is 1. The van der Waals surface area contributed by atoms with E-state index in [2.05, 4.69) is 34.4 Å². The standard InChI is InChI=1S/C14H20ClN3/c1-4-11(5-2)9-18-13(7-15)17-12-6-10(3)8-16-14(12)18/h6,8,11H,4-5,7,9H2,1-3H3. The van der Waals surface area contributed by atoms with E-state index in [0.717, 1.165) is 29.1 Å². The number of imidazole rings is 1. The van der Waals surface area contributed by atoms with Gasteiger partial charge in [-0.05, 0) is 24.5 Å². The van der Waals surface area contributed by atoms with Crippen LogP contribution in [-0.4, -0.2) is 14.5 Å². The molecule has 0 fully saturated rings. The van der Waals surface area contributed by atoms with E-state index in [4.69, 9.17) is 11.6 Å². The third-order valence-corrected chi connectivity index (χ3v) is 3.75. The average Bonchev–Trinajstić information content (AvgIpc) is 2.72.